The van der Waals surface area contributed by atoms with Crippen molar-refractivity contribution in [1.29, 1.82) is 0 Å². The van der Waals surface area contributed by atoms with Crippen molar-refractivity contribution in [2.45, 2.75) is 64.3 Å². The van der Waals surface area contributed by atoms with Crippen molar-refractivity contribution in [2.75, 3.05) is 6.26 Å². The summed E-state index contributed by atoms with van der Waals surface area (Å²) in [6, 6.07) is 6.63. The Bertz CT molecular complexity index is 693. The lowest BCUT2D eigenvalue weighted by Crippen LogP contribution is -2.36. The van der Waals surface area contributed by atoms with E-state index in [2.05, 4.69) is 26.1 Å². The third-order valence-corrected chi connectivity index (χ3v) is 6.62. The summed E-state index contributed by atoms with van der Waals surface area (Å²) in [6.07, 6.45) is 5.32. The summed E-state index contributed by atoms with van der Waals surface area (Å²) < 4.78 is 23.1. The maximum absolute atomic E-state index is 12.6. The first-order valence-corrected chi connectivity index (χ1v) is 11.0. The lowest BCUT2D eigenvalue weighted by Gasteiger charge is -2.36. The Balaban J connectivity index is 1.92. The van der Waals surface area contributed by atoms with Gasteiger partial charge in [-0.25, -0.2) is 8.42 Å². The van der Waals surface area contributed by atoms with E-state index in [1.807, 2.05) is 6.92 Å². The van der Waals surface area contributed by atoms with E-state index in [9.17, 15) is 13.2 Å². The fraction of sp³-hybridized carbons (Fsp3) is 0.650. The smallest absolute Gasteiger partial charge is 0.223 e. The van der Waals surface area contributed by atoms with E-state index in [1.165, 1.54) is 6.26 Å². The summed E-state index contributed by atoms with van der Waals surface area (Å²) in [7, 11) is -3.19. The Morgan fingerprint density at radius 3 is 2.04 bits per heavy atom. The van der Waals surface area contributed by atoms with Crippen LogP contribution in [0.5, 0.6) is 0 Å². The average Bonchev–Trinajstić information content (AvgIpc) is 2.53. The van der Waals surface area contributed by atoms with Crippen LogP contribution in [0.2, 0.25) is 0 Å². The number of hydrogen-bond acceptors (Lipinski definition) is 3. The number of sulfone groups is 1. The van der Waals surface area contributed by atoms with E-state index in [0.717, 1.165) is 31.2 Å². The van der Waals surface area contributed by atoms with Crippen molar-refractivity contribution in [3.63, 3.8) is 0 Å². The standard InChI is InChI=1S/C20H31NO3S/c1-14(15-8-12-18(13-9-15)25(5,23)24)21-19(22)16-6-10-17(11-7-16)20(2,3)4/h8-9,12-14,16-17H,6-7,10-11H2,1-5H3,(H,21,22). The van der Waals surface area contributed by atoms with Gasteiger partial charge >= 0.3 is 0 Å². The van der Waals surface area contributed by atoms with Crippen molar-refractivity contribution in [1.82, 2.24) is 5.32 Å². The summed E-state index contributed by atoms with van der Waals surface area (Å²) >= 11 is 0. The minimum Gasteiger partial charge on any atom is -0.349 e. The fourth-order valence-corrected chi connectivity index (χ4v) is 4.27. The molecular weight excluding hydrogens is 334 g/mol. The number of benzene rings is 1. The first-order chi connectivity index (χ1) is 11.5. The van der Waals surface area contributed by atoms with Gasteiger partial charge in [0, 0.05) is 12.2 Å². The Hall–Kier alpha value is -1.36. The summed E-state index contributed by atoms with van der Waals surface area (Å²) in [6.45, 7) is 8.77. The molecule has 1 atom stereocenters. The Labute approximate surface area is 152 Å². The zero-order chi connectivity index (χ0) is 18.8. The van der Waals surface area contributed by atoms with Crippen LogP contribution in [-0.4, -0.2) is 20.6 Å². The average molecular weight is 366 g/mol. The molecule has 1 aromatic rings. The molecule has 0 bridgehead atoms. The molecule has 2 rings (SSSR count). The molecule has 1 aromatic carbocycles. The van der Waals surface area contributed by atoms with Gasteiger partial charge in [0.2, 0.25) is 5.91 Å². The molecule has 0 heterocycles. The van der Waals surface area contributed by atoms with E-state index < -0.39 is 9.84 Å². The van der Waals surface area contributed by atoms with Crippen LogP contribution < -0.4 is 5.32 Å². The van der Waals surface area contributed by atoms with Crippen molar-refractivity contribution in [2.24, 2.45) is 17.3 Å². The number of amides is 1. The maximum Gasteiger partial charge on any atom is 0.223 e. The summed E-state index contributed by atoms with van der Waals surface area (Å²) in [5, 5.41) is 3.09. The molecule has 140 valence electrons. The van der Waals surface area contributed by atoms with Gasteiger partial charge in [-0.15, -0.1) is 0 Å². The molecule has 1 amide bonds. The van der Waals surface area contributed by atoms with Crippen LogP contribution in [-0.2, 0) is 14.6 Å². The van der Waals surface area contributed by atoms with Crippen LogP contribution in [0.4, 0.5) is 0 Å². The molecule has 1 N–H and O–H groups in total. The first-order valence-electron chi connectivity index (χ1n) is 9.09. The van der Waals surface area contributed by atoms with Gasteiger partial charge in [-0.2, -0.15) is 0 Å². The largest absolute Gasteiger partial charge is 0.349 e. The second-order valence-corrected chi connectivity index (χ2v) is 10.5. The van der Waals surface area contributed by atoms with Gasteiger partial charge in [-0.1, -0.05) is 32.9 Å². The molecule has 1 unspecified atom stereocenters. The van der Waals surface area contributed by atoms with Crippen LogP contribution in [0.15, 0.2) is 29.2 Å². The number of hydrogen-bond donors (Lipinski definition) is 1. The first kappa shape index (κ1) is 20.0. The van der Waals surface area contributed by atoms with Gasteiger partial charge in [-0.3, -0.25) is 4.79 Å². The molecule has 5 heteroatoms. The van der Waals surface area contributed by atoms with Gasteiger partial charge in [0.05, 0.1) is 10.9 Å². The maximum atomic E-state index is 12.6. The van der Waals surface area contributed by atoms with Crippen molar-refractivity contribution in [3.05, 3.63) is 29.8 Å². The molecule has 0 aromatic heterocycles. The van der Waals surface area contributed by atoms with E-state index >= 15 is 0 Å². The van der Waals surface area contributed by atoms with Gasteiger partial charge < -0.3 is 5.32 Å². The van der Waals surface area contributed by atoms with E-state index in [-0.39, 0.29) is 17.9 Å². The molecular formula is C20H31NO3S. The molecule has 1 fully saturated rings. The van der Waals surface area contributed by atoms with Crippen LogP contribution in [0.3, 0.4) is 0 Å². The van der Waals surface area contributed by atoms with E-state index in [1.54, 1.807) is 24.3 Å². The molecule has 25 heavy (non-hydrogen) atoms. The predicted molar refractivity (Wildman–Crippen MR) is 101 cm³/mol. The normalized spacial score (nSPS) is 23.1. The highest BCUT2D eigenvalue weighted by Gasteiger charge is 2.32. The van der Waals surface area contributed by atoms with Crippen LogP contribution >= 0.6 is 0 Å². The highest BCUT2D eigenvalue weighted by molar-refractivity contribution is 7.90. The second kappa shape index (κ2) is 7.48. The monoisotopic (exact) mass is 365 g/mol. The Morgan fingerprint density at radius 2 is 1.60 bits per heavy atom. The lowest BCUT2D eigenvalue weighted by atomic mass is 9.69. The molecule has 4 nitrogen and oxygen atoms in total. The zero-order valence-electron chi connectivity index (χ0n) is 16.0. The molecule has 1 saturated carbocycles. The SMILES string of the molecule is CC(NC(=O)C1CCC(C(C)(C)C)CC1)c1ccc(S(C)(=O)=O)cc1. The summed E-state index contributed by atoms with van der Waals surface area (Å²) in [5.74, 6) is 0.904. The number of carbonyl (C=O) groups is 1. The molecule has 0 radical (unpaired) electrons. The topological polar surface area (TPSA) is 63.2 Å². The molecule has 1 aliphatic rings. The number of nitrogens with one attached hydrogen (secondary N) is 1. The van der Waals surface area contributed by atoms with E-state index in [4.69, 9.17) is 0 Å². The minimum atomic E-state index is -3.19. The van der Waals surface area contributed by atoms with Crippen LogP contribution in [0, 0.1) is 17.3 Å². The van der Waals surface area contributed by atoms with Gasteiger partial charge in [0.15, 0.2) is 9.84 Å². The third-order valence-electron chi connectivity index (χ3n) is 5.49. The van der Waals surface area contributed by atoms with Crippen molar-refractivity contribution in [3.8, 4) is 0 Å². The van der Waals surface area contributed by atoms with Gasteiger partial charge in [0.25, 0.3) is 0 Å². The second-order valence-electron chi connectivity index (χ2n) is 8.49. The molecule has 0 saturated heterocycles. The highest BCUT2D eigenvalue weighted by atomic mass is 32.2. The fourth-order valence-electron chi connectivity index (χ4n) is 3.64. The molecule has 0 spiro atoms. The van der Waals surface area contributed by atoms with Gasteiger partial charge in [-0.05, 0) is 61.6 Å². The highest BCUT2D eigenvalue weighted by Crippen LogP contribution is 2.39. The number of carbonyl (C=O) groups excluding carboxylic acids is 1. The predicted octanol–water partition coefficient (Wildman–Crippen LogP) is 4.12. The third kappa shape index (κ3) is 5.30. The molecule has 1 aliphatic carbocycles. The Morgan fingerprint density at radius 1 is 1.08 bits per heavy atom. The zero-order valence-corrected chi connectivity index (χ0v) is 16.8. The Kier molecular flexibility index (Phi) is 5.97. The van der Waals surface area contributed by atoms with E-state index in [0.29, 0.717) is 16.2 Å². The summed E-state index contributed by atoms with van der Waals surface area (Å²) in [4.78, 5) is 12.9. The van der Waals surface area contributed by atoms with Crippen molar-refractivity contribution < 1.29 is 13.2 Å². The van der Waals surface area contributed by atoms with Gasteiger partial charge in [0.1, 0.15) is 0 Å². The quantitative estimate of drug-likeness (QED) is 0.873. The van der Waals surface area contributed by atoms with Crippen LogP contribution in [0.1, 0.15) is 65.0 Å². The van der Waals surface area contributed by atoms with Crippen LogP contribution in [0.25, 0.3) is 0 Å². The lowest BCUT2D eigenvalue weighted by molar-refractivity contribution is -0.127. The molecule has 0 aliphatic heterocycles. The summed E-state index contributed by atoms with van der Waals surface area (Å²) in [5.41, 5.74) is 1.24. The number of rotatable bonds is 4. The van der Waals surface area contributed by atoms with Crippen molar-refractivity contribution >= 4 is 15.7 Å². The minimum absolute atomic E-state index is 0.0938.